The Bertz CT molecular complexity index is 1150. The van der Waals surface area contributed by atoms with E-state index in [2.05, 4.69) is 15.3 Å². The molecular weight excluding hydrogens is 384 g/mol. The van der Waals surface area contributed by atoms with Crippen LogP contribution < -0.4 is 5.32 Å². The zero-order chi connectivity index (χ0) is 20.2. The first-order chi connectivity index (χ1) is 14.2. The lowest BCUT2D eigenvalue weighted by atomic mass is 10.1. The summed E-state index contributed by atoms with van der Waals surface area (Å²) >= 11 is 1.48. The SMILES string of the molecule is CCCCOC(=O)/C(C#N)=C1/N/C(=N/c2nc3ccccc3s2)c2ccccc21. The highest BCUT2D eigenvalue weighted by Gasteiger charge is 2.28. The molecule has 0 amide bonds. The van der Waals surface area contributed by atoms with Gasteiger partial charge in [-0.25, -0.2) is 14.8 Å². The lowest BCUT2D eigenvalue weighted by Crippen LogP contribution is -2.18. The summed E-state index contributed by atoms with van der Waals surface area (Å²) in [5.74, 6) is -0.0664. The maximum Gasteiger partial charge on any atom is 0.351 e. The van der Waals surface area contributed by atoms with Crippen LogP contribution in [0.5, 0.6) is 0 Å². The number of aliphatic imine (C=N–C) groups is 1. The third-order valence-corrected chi connectivity index (χ3v) is 5.41. The molecule has 0 atom stereocenters. The largest absolute Gasteiger partial charge is 0.462 e. The predicted molar refractivity (Wildman–Crippen MR) is 114 cm³/mol. The topological polar surface area (TPSA) is 87.4 Å². The molecule has 0 unspecified atom stereocenters. The zero-order valence-electron chi connectivity index (χ0n) is 15.8. The van der Waals surface area contributed by atoms with Crippen LogP contribution in [0.3, 0.4) is 0 Å². The zero-order valence-corrected chi connectivity index (χ0v) is 16.6. The summed E-state index contributed by atoms with van der Waals surface area (Å²) in [4.78, 5) is 21.6. The first kappa shape index (κ1) is 18.8. The highest BCUT2D eigenvalue weighted by atomic mass is 32.1. The Morgan fingerprint density at radius 2 is 1.97 bits per heavy atom. The minimum Gasteiger partial charge on any atom is -0.462 e. The summed E-state index contributed by atoms with van der Waals surface area (Å²) < 4.78 is 6.29. The molecule has 0 radical (unpaired) electrons. The van der Waals surface area contributed by atoms with Crippen molar-refractivity contribution in [1.29, 1.82) is 5.26 Å². The minimum atomic E-state index is -0.625. The Hall–Kier alpha value is -3.50. The van der Waals surface area contributed by atoms with Gasteiger partial charge in [0, 0.05) is 11.1 Å². The van der Waals surface area contributed by atoms with E-state index in [1.54, 1.807) is 0 Å². The second kappa shape index (κ2) is 8.25. The quantitative estimate of drug-likeness (QED) is 0.293. The van der Waals surface area contributed by atoms with Crippen LogP contribution in [0.2, 0.25) is 0 Å². The molecule has 0 saturated heterocycles. The minimum absolute atomic E-state index is 0.0527. The average Bonchev–Trinajstić information content (AvgIpc) is 3.31. The number of thiazole rings is 1. The third kappa shape index (κ3) is 3.75. The molecule has 1 aliphatic heterocycles. The van der Waals surface area contributed by atoms with E-state index in [9.17, 15) is 10.1 Å². The first-order valence-electron chi connectivity index (χ1n) is 9.34. The van der Waals surface area contributed by atoms with E-state index in [0.29, 0.717) is 23.3 Å². The fourth-order valence-electron chi connectivity index (χ4n) is 3.03. The van der Waals surface area contributed by atoms with Crippen LogP contribution in [0.15, 0.2) is 59.1 Å². The molecule has 1 aliphatic rings. The molecule has 1 aromatic heterocycles. The van der Waals surface area contributed by atoms with Gasteiger partial charge in [0.25, 0.3) is 0 Å². The molecule has 144 valence electrons. The number of nitrogens with zero attached hydrogens (tertiary/aromatic N) is 3. The van der Waals surface area contributed by atoms with Crippen LogP contribution in [0, 0.1) is 11.3 Å². The highest BCUT2D eigenvalue weighted by molar-refractivity contribution is 7.22. The van der Waals surface area contributed by atoms with E-state index >= 15 is 0 Å². The lowest BCUT2D eigenvalue weighted by molar-refractivity contribution is -0.138. The number of para-hydroxylation sites is 1. The van der Waals surface area contributed by atoms with Gasteiger partial charge in [-0.3, -0.25) is 0 Å². The third-order valence-electron chi connectivity index (χ3n) is 4.48. The van der Waals surface area contributed by atoms with Crippen molar-refractivity contribution in [3.8, 4) is 6.07 Å². The van der Waals surface area contributed by atoms with Gasteiger partial charge in [-0.05, 0) is 18.6 Å². The summed E-state index contributed by atoms with van der Waals surface area (Å²) in [5, 5.41) is 13.4. The van der Waals surface area contributed by atoms with Crippen LogP contribution in [-0.2, 0) is 9.53 Å². The number of hydrogen-bond acceptors (Lipinski definition) is 6. The molecule has 0 saturated carbocycles. The average molecular weight is 402 g/mol. The summed E-state index contributed by atoms with van der Waals surface area (Å²) in [6, 6.07) is 17.3. The maximum absolute atomic E-state index is 12.4. The van der Waals surface area contributed by atoms with E-state index in [1.165, 1.54) is 11.3 Å². The van der Waals surface area contributed by atoms with Crippen molar-refractivity contribution in [3.05, 3.63) is 65.2 Å². The molecule has 1 N–H and O–H groups in total. The molecule has 2 heterocycles. The molecule has 7 heteroatoms. The van der Waals surface area contributed by atoms with E-state index in [1.807, 2.05) is 61.5 Å². The number of amidine groups is 1. The fraction of sp³-hybridized carbons (Fsp3) is 0.182. The molecule has 0 bridgehead atoms. The Labute approximate surface area is 172 Å². The Morgan fingerprint density at radius 3 is 2.72 bits per heavy atom. The number of hydrogen-bond donors (Lipinski definition) is 1. The van der Waals surface area contributed by atoms with Crippen molar-refractivity contribution in [3.63, 3.8) is 0 Å². The van der Waals surface area contributed by atoms with Gasteiger partial charge in [-0.1, -0.05) is 61.1 Å². The molecule has 4 rings (SSSR count). The first-order valence-corrected chi connectivity index (χ1v) is 10.2. The van der Waals surface area contributed by atoms with Crippen molar-refractivity contribution >= 4 is 44.2 Å². The summed E-state index contributed by atoms with van der Waals surface area (Å²) in [6.45, 7) is 2.30. The van der Waals surface area contributed by atoms with Crippen LogP contribution in [0.25, 0.3) is 15.9 Å². The van der Waals surface area contributed by atoms with Gasteiger partial charge in [0.1, 0.15) is 11.9 Å². The fourth-order valence-corrected chi connectivity index (χ4v) is 3.88. The smallest absolute Gasteiger partial charge is 0.351 e. The van der Waals surface area contributed by atoms with Crippen molar-refractivity contribution in [2.45, 2.75) is 19.8 Å². The van der Waals surface area contributed by atoms with Crippen LogP contribution in [-0.4, -0.2) is 23.4 Å². The van der Waals surface area contributed by atoms with Gasteiger partial charge in [-0.2, -0.15) is 5.26 Å². The molecule has 0 fully saturated rings. The number of rotatable bonds is 5. The molecule has 2 aromatic carbocycles. The number of aromatic nitrogens is 1. The van der Waals surface area contributed by atoms with Crippen molar-refractivity contribution in [1.82, 2.24) is 10.3 Å². The number of unbranched alkanes of at least 4 members (excludes halogenated alkanes) is 1. The Kier molecular flexibility index (Phi) is 5.36. The number of fused-ring (bicyclic) bond motifs is 2. The van der Waals surface area contributed by atoms with Gasteiger partial charge in [0.2, 0.25) is 5.13 Å². The number of ether oxygens (including phenoxy) is 1. The molecule has 3 aromatic rings. The molecule has 0 spiro atoms. The number of nitrogens with one attached hydrogen (secondary N) is 1. The van der Waals surface area contributed by atoms with E-state index in [-0.39, 0.29) is 5.57 Å². The maximum atomic E-state index is 12.4. The number of benzene rings is 2. The molecule has 6 nitrogen and oxygen atoms in total. The van der Waals surface area contributed by atoms with E-state index in [0.717, 1.165) is 34.2 Å². The van der Waals surface area contributed by atoms with Crippen molar-refractivity contribution in [2.24, 2.45) is 4.99 Å². The number of carbonyl (C=O) groups excluding carboxylic acids is 1. The second-order valence-electron chi connectivity index (χ2n) is 6.45. The normalized spacial score (nSPS) is 15.7. The standard InChI is InChI=1S/C22H18N4O2S/c1-2-3-12-28-21(27)16(13-23)19-14-8-4-5-9-15(14)20(25-19)26-22-24-17-10-6-7-11-18(17)29-22/h4-11H,2-3,12H2,1H3,(H,24,25,26)/b19-16+. The van der Waals surface area contributed by atoms with Crippen molar-refractivity contribution < 1.29 is 9.53 Å². The van der Waals surface area contributed by atoms with E-state index < -0.39 is 5.97 Å². The van der Waals surface area contributed by atoms with Gasteiger partial charge >= 0.3 is 5.97 Å². The highest BCUT2D eigenvalue weighted by Crippen LogP contribution is 2.32. The molecule has 0 aliphatic carbocycles. The monoisotopic (exact) mass is 402 g/mol. The molecule has 29 heavy (non-hydrogen) atoms. The summed E-state index contributed by atoms with van der Waals surface area (Å²) in [6.07, 6.45) is 1.67. The van der Waals surface area contributed by atoms with Gasteiger partial charge in [0.15, 0.2) is 5.57 Å². The lowest BCUT2D eigenvalue weighted by Gasteiger charge is -2.06. The predicted octanol–water partition coefficient (Wildman–Crippen LogP) is 4.56. The number of carbonyl (C=O) groups is 1. The Morgan fingerprint density at radius 1 is 1.21 bits per heavy atom. The Balaban J connectivity index is 1.73. The summed E-state index contributed by atoms with van der Waals surface area (Å²) in [7, 11) is 0. The van der Waals surface area contributed by atoms with Gasteiger partial charge < -0.3 is 10.1 Å². The van der Waals surface area contributed by atoms with Crippen LogP contribution in [0.1, 0.15) is 30.9 Å². The summed E-state index contributed by atoms with van der Waals surface area (Å²) in [5.41, 5.74) is 2.82. The van der Waals surface area contributed by atoms with Crippen LogP contribution >= 0.6 is 11.3 Å². The van der Waals surface area contributed by atoms with Gasteiger partial charge in [0.05, 0.1) is 22.5 Å². The number of nitriles is 1. The van der Waals surface area contributed by atoms with Crippen LogP contribution in [0.4, 0.5) is 5.13 Å². The van der Waals surface area contributed by atoms with E-state index in [4.69, 9.17) is 4.74 Å². The molecular formula is C22H18N4O2S. The van der Waals surface area contributed by atoms with Crippen molar-refractivity contribution in [2.75, 3.05) is 6.61 Å². The van der Waals surface area contributed by atoms with Gasteiger partial charge in [-0.15, -0.1) is 0 Å². The number of esters is 1. The second-order valence-corrected chi connectivity index (χ2v) is 7.46.